The molecule has 0 aromatic heterocycles. The zero-order valence-corrected chi connectivity index (χ0v) is 10.1. The van der Waals surface area contributed by atoms with Gasteiger partial charge in [-0.2, -0.15) is 24.6 Å². The molecule has 0 spiro atoms. The van der Waals surface area contributed by atoms with Crippen LogP contribution in [0.3, 0.4) is 0 Å². The SMILES string of the molecule is [CH2-]CCC.[F-].[F-].[F-].[Zr+3].c1cc[cH-]c1. The van der Waals surface area contributed by atoms with Crippen molar-refractivity contribution < 1.29 is 40.3 Å². The first kappa shape index (κ1) is 29.2. The summed E-state index contributed by atoms with van der Waals surface area (Å²) in [5.74, 6) is 0. The van der Waals surface area contributed by atoms with Crippen molar-refractivity contribution >= 4 is 0 Å². The first-order chi connectivity index (χ1) is 4.41. The Hall–Kier alpha value is 0.0231. The van der Waals surface area contributed by atoms with Crippen molar-refractivity contribution in [2.45, 2.75) is 19.8 Å². The van der Waals surface area contributed by atoms with Crippen LogP contribution in [0.4, 0.5) is 0 Å². The molecule has 1 rings (SSSR count). The van der Waals surface area contributed by atoms with E-state index in [2.05, 4.69) is 13.8 Å². The van der Waals surface area contributed by atoms with E-state index >= 15 is 0 Å². The van der Waals surface area contributed by atoms with Gasteiger partial charge in [0.05, 0.1) is 0 Å². The smallest absolute Gasteiger partial charge is 1.00 e. The Kier molecular flexibility index (Phi) is 66.6. The van der Waals surface area contributed by atoms with E-state index in [1.54, 1.807) is 0 Å². The first-order valence-corrected chi connectivity index (χ1v) is 3.37. The normalized spacial score (nSPS) is 5.38. The summed E-state index contributed by atoms with van der Waals surface area (Å²) < 4.78 is 0. The van der Waals surface area contributed by atoms with Crippen molar-refractivity contribution in [3.63, 3.8) is 0 Å². The molecule has 0 saturated carbocycles. The number of rotatable bonds is 1. The van der Waals surface area contributed by atoms with Gasteiger partial charge in [-0.15, -0.1) is 0 Å². The van der Waals surface area contributed by atoms with Gasteiger partial charge >= 0.3 is 26.2 Å². The van der Waals surface area contributed by atoms with Crippen molar-refractivity contribution in [1.29, 1.82) is 0 Å². The quantitative estimate of drug-likeness (QED) is 0.446. The molecule has 0 N–H and O–H groups in total. The summed E-state index contributed by atoms with van der Waals surface area (Å²) >= 11 is 0. The molecule has 1 aromatic rings. The molecule has 13 heavy (non-hydrogen) atoms. The van der Waals surface area contributed by atoms with E-state index in [0.29, 0.717) is 0 Å². The van der Waals surface area contributed by atoms with Crippen LogP contribution in [0.1, 0.15) is 19.8 Å². The van der Waals surface area contributed by atoms with E-state index in [9.17, 15) is 0 Å². The number of halogens is 3. The van der Waals surface area contributed by atoms with Crippen LogP contribution in [0.25, 0.3) is 0 Å². The summed E-state index contributed by atoms with van der Waals surface area (Å²) in [6.45, 7) is 5.72. The fourth-order valence-electron chi connectivity index (χ4n) is 0.321. The van der Waals surface area contributed by atoms with Crippen LogP contribution in [0.15, 0.2) is 30.3 Å². The maximum atomic E-state index is 3.60. The molecule has 1 aromatic carbocycles. The van der Waals surface area contributed by atoms with Gasteiger partial charge in [0.25, 0.3) is 0 Å². The molecule has 0 nitrogen and oxygen atoms in total. The second-order valence-electron chi connectivity index (χ2n) is 1.82. The maximum absolute atomic E-state index is 3.60. The molecule has 4 heteroatoms. The van der Waals surface area contributed by atoms with Crippen molar-refractivity contribution in [1.82, 2.24) is 0 Å². The third-order valence-electron chi connectivity index (χ3n) is 0.909. The van der Waals surface area contributed by atoms with Crippen LogP contribution in [0.5, 0.6) is 0 Å². The van der Waals surface area contributed by atoms with Gasteiger partial charge in [-0.25, -0.2) is 12.1 Å². The first-order valence-electron chi connectivity index (χ1n) is 3.37. The zero-order valence-electron chi connectivity index (χ0n) is 7.64. The van der Waals surface area contributed by atoms with Crippen molar-refractivity contribution in [2.24, 2.45) is 0 Å². The van der Waals surface area contributed by atoms with Crippen LogP contribution in [0, 0.1) is 6.92 Å². The van der Waals surface area contributed by atoms with Crippen LogP contribution >= 0.6 is 0 Å². The maximum Gasteiger partial charge on any atom is 3.00 e. The fourth-order valence-corrected chi connectivity index (χ4v) is 0.321. The van der Waals surface area contributed by atoms with Crippen molar-refractivity contribution in [2.75, 3.05) is 0 Å². The second-order valence-corrected chi connectivity index (χ2v) is 1.82. The molecule has 0 aliphatic carbocycles. The van der Waals surface area contributed by atoms with Gasteiger partial charge in [0, 0.05) is 0 Å². The Morgan fingerprint density at radius 3 is 1.46 bits per heavy atom. The van der Waals surface area contributed by atoms with E-state index in [4.69, 9.17) is 0 Å². The second kappa shape index (κ2) is 29.6. The standard InChI is InChI=1S/C5H5.C4H9.3FH.Zr/c1-2-4-5-3-1;1-3-4-2;;;;/h1-5H;1,3-4H2,2H3;3*1H;/q2*-1;;;;+3/p-3. The van der Waals surface area contributed by atoms with Gasteiger partial charge in [0.15, 0.2) is 0 Å². The third-order valence-corrected chi connectivity index (χ3v) is 0.909. The van der Waals surface area contributed by atoms with Gasteiger partial charge in [0.2, 0.25) is 0 Å². The number of unbranched alkanes of at least 4 members (excludes halogenated alkanes) is 1. The van der Waals surface area contributed by atoms with Crippen LogP contribution in [-0.2, 0) is 26.2 Å². The minimum atomic E-state index is 0. The Bertz CT molecular complexity index is 90.4. The minimum absolute atomic E-state index is 0. The van der Waals surface area contributed by atoms with Gasteiger partial charge in [-0.3, -0.25) is 0 Å². The Balaban J connectivity index is -0.0000000256. The number of hydrogen-bond donors (Lipinski definition) is 0. The molecule has 0 aliphatic heterocycles. The molecule has 1 radical (unpaired) electrons. The molecule has 0 aliphatic rings. The van der Waals surface area contributed by atoms with E-state index in [1.165, 1.54) is 6.42 Å². The van der Waals surface area contributed by atoms with Crippen LogP contribution < -0.4 is 14.1 Å². The predicted octanol–water partition coefficient (Wildman–Crippen LogP) is -5.96. The monoisotopic (exact) mass is 269 g/mol. The molecular formula is C9H14F3Zr-2. The molecule has 0 bridgehead atoms. The summed E-state index contributed by atoms with van der Waals surface area (Å²) in [5, 5.41) is 0. The molecule has 0 unspecified atom stereocenters. The molecule has 0 heterocycles. The van der Waals surface area contributed by atoms with E-state index < -0.39 is 0 Å². The average molecular weight is 270 g/mol. The van der Waals surface area contributed by atoms with Gasteiger partial charge < -0.3 is 21.0 Å². The fraction of sp³-hybridized carbons (Fsp3) is 0.333. The molecule has 0 saturated heterocycles. The van der Waals surface area contributed by atoms with Crippen molar-refractivity contribution in [3.8, 4) is 0 Å². The van der Waals surface area contributed by atoms with E-state index in [1.807, 2.05) is 30.3 Å². The summed E-state index contributed by atoms with van der Waals surface area (Å²) in [4.78, 5) is 0. The van der Waals surface area contributed by atoms with Crippen LogP contribution in [0.2, 0.25) is 0 Å². The summed E-state index contributed by atoms with van der Waals surface area (Å²) in [5.41, 5.74) is 0. The topological polar surface area (TPSA) is 0 Å². The Morgan fingerprint density at radius 2 is 1.38 bits per heavy atom. The van der Waals surface area contributed by atoms with E-state index in [0.717, 1.165) is 6.42 Å². The number of hydrogen-bond acceptors (Lipinski definition) is 0. The summed E-state index contributed by atoms with van der Waals surface area (Å²) in [6.07, 6.45) is 2.28. The van der Waals surface area contributed by atoms with Crippen LogP contribution in [-0.4, -0.2) is 0 Å². The van der Waals surface area contributed by atoms with Gasteiger partial charge in [-0.05, 0) is 0 Å². The molecule has 0 fully saturated rings. The Morgan fingerprint density at radius 1 is 1.08 bits per heavy atom. The van der Waals surface area contributed by atoms with Gasteiger partial charge in [-0.1, -0.05) is 13.3 Å². The molecular weight excluding hydrogens is 256 g/mol. The third kappa shape index (κ3) is 33.3. The average Bonchev–Trinajstić information content (AvgIpc) is 2.43. The molecule has 0 amide bonds. The largest absolute Gasteiger partial charge is 3.00 e. The summed E-state index contributed by atoms with van der Waals surface area (Å²) in [7, 11) is 0. The predicted molar refractivity (Wildman–Crippen MR) is 42.3 cm³/mol. The molecule has 77 valence electrons. The molecule has 0 atom stereocenters. The van der Waals surface area contributed by atoms with Crippen molar-refractivity contribution in [3.05, 3.63) is 37.3 Å². The summed E-state index contributed by atoms with van der Waals surface area (Å²) in [6, 6.07) is 10.0. The zero-order chi connectivity index (χ0) is 6.95. The van der Waals surface area contributed by atoms with Gasteiger partial charge in [0.1, 0.15) is 0 Å². The van der Waals surface area contributed by atoms with E-state index in [-0.39, 0.29) is 40.3 Å². The Labute approximate surface area is 97.3 Å². The minimum Gasteiger partial charge on any atom is -1.00 e.